The highest BCUT2D eigenvalue weighted by Gasteiger charge is 2.47. The molecule has 0 radical (unpaired) electrons. The van der Waals surface area contributed by atoms with E-state index in [4.69, 9.17) is 14.2 Å². The molecule has 174 valence electrons. The monoisotopic (exact) mass is 470 g/mol. The average molecular weight is 471 g/mol. The molecular formula is C23H26N4O5S. The van der Waals surface area contributed by atoms with Gasteiger partial charge in [-0.25, -0.2) is 14.7 Å². The van der Waals surface area contributed by atoms with Gasteiger partial charge in [0.1, 0.15) is 17.4 Å². The highest BCUT2D eigenvalue weighted by Crippen LogP contribution is 2.39. The molecule has 1 aromatic carbocycles. The van der Waals surface area contributed by atoms with Crippen LogP contribution in [0.4, 0.5) is 0 Å². The van der Waals surface area contributed by atoms with E-state index >= 15 is 0 Å². The van der Waals surface area contributed by atoms with Gasteiger partial charge < -0.3 is 14.2 Å². The topological polar surface area (TPSA) is 112 Å². The number of aromatic nitrogens is 2. The molecule has 0 amide bonds. The van der Waals surface area contributed by atoms with Crippen molar-refractivity contribution >= 4 is 10.2 Å². The summed E-state index contributed by atoms with van der Waals surface area (Å²) in [7, 11) is -2.45. The minimum absolute atomic E-state index is 0.242. The Kier molecular flexibility index (Phi) is 6.61. The minimum Gasteiger partial charge on any atom is -0.462 e. The number of hydrogen-bond donors (Lipinski definition) is 2. The molecule has 33 heavy (non-hydrogen) atoms. The van der Waals surface area contributed by atoms with Gasteiger partial charge >= 0.3 is 6.01 Å². The van der Waals surface area contributed by atoms with Crippen LogP contribution in [0.3, 0.4) is 0 Å². The molecule has 2 heterocycles. The van der Waals surface area contributed by atoms with Crippen LogP contribution in [-0.2, 0) is 26.3 Å². The second kappa shape index (κ2) is 9.44. The van der Waals surface area contributed by atoms with Gasteiger partial charge in [-0.1, -0.05) is 36.4 Å². The summed E-state index contributed by atoms with van der Waals surface area (Å²) in [5, 5.41) is 0. The van der Waals surface area contributed by atoms with E-state index in [2.05, 4.69) is 19.4 Å². The SMILES string of the molecule is CNS(=O)(=O)NC1(C)C(C)=C2C=CC(Oc3ncccn3)C=C2OC1OCc1ccccc1. The van der Waals surface area contributed by atoms with Crippen molar-refractivity contribution < 1.29 is 22.6 Å². The number of fused-ring (bicyclic) bond motifs is 1. The number of rotatable bonds is 8. The third kappa shape index (κ3) is 5.14. The highest BCUT2D eigenvalue weighted by atomic mass is 32.2. The summed E-state index contributed by atoms with van der Waals surface area (Å²) in [4.78, 5) is 8.17. The fourth-order valence-corrected chi connectivity index (χ4v) is 4.52. The lowest BCUT2D eigenvalue weighted by atomic mass is 9.84. The van der Waals surface area contributed by atoms with E-state index in [9.17, 15) is 8.42 Å². The van der Waals surface area contributed by atoms with Gasteiger partial charge in [-0.05, 0) is 37.1 Å². The molecule has 1 aromatic heterocycles. The van der Waals surface area contributed by atoms with Gasteiger partial charge in [0.05, 0.1) is 6.61 Å². The van der Waals surface area contributed by atoms with Crippen LogP contribution in [0.2, 0.25) is 0 Å². The Morgan fingerprint density at radius 1 is 1.15 bits per heavy atom. The van der Waals surface area contributed by atoms with Crippen LogP contribution >= 0.6 is 0 Å². The Labute approximate surface area is 193 Å². The standard InChI is InChI=1S/C23H26N4O5S/c1-16-19-11-10-18(31-22-25-12-7-13-26-22)14-20(19)32-21(23(16,2)27-33(28,29)24-3)30-15-17-8-5-4-6-9-17/h4-14,18,21,24,27H,15H2,1-3H3. The van der Waals surface area contributed by atoms with Gasteiger partial charge in [-0.3, -0.25) is 0 Å². The van der Waals surface area contributed by atoms with Crippen molar-refractivity contribution in [3.8, 4) is 6.01 Å². The van der Waals surface area contributed by atoms with Crippen molar-refractivity contribution in [3.63, 3.8) is 0 Å². The van der Waals surface area contributed by atoms with Gasteiger partial charge in [0.2, 0.25) is 6.29 Å². The largest absolute Gasteiger partial charge is 0.462 e. The molecule has 1 aliphatic heterocycles. The first-order chi connectivity index (χ1) is 15.8. The number of hydrogen-bond acceptors (Lipinski definition) is 7. The van der Waals surface area contributed by atoms with Crippen LogP contribution in [0.25, 0.3) is 0 Å². The van der Waals surface area contributed by atoms with Gasteiger partial charge in [-0.15, -0.1) is 0 Å². The lowest BCUT2D eigenvalue weighted by Crippen LogP contribution is -2.60. The molecule has 4 rings (SSSR count). The zero-order valence-corrected chi connectivity index (χ0v) is 19.4. The van der Waals surface area contributed by atoms with Gasteiger partial charge in [0.25, 0.3) is 10.2 Å². The van der Waals surface area contributed by atoms with Crippen molar-refractivity contribution in [1.29, 1.82) is 0 Å². The summed E-state index contributed by atoms with van der Waals surface area (Å²) < 4.78 is 48.0. The molecule has 0 bridgehead atoms. The first-order valence-corrected chi connectivity index (χ1v) is 11.9. The van der Waals surface area contributed by atoms with Crippen molar-refractivity contribution in [2.75, 3.05) is 7.05 Å². The summed E-state index contributed by atoms with van der Waals surface area (Å²) in [5.74, 6) is 0.537. The molecule has 2 aromatic rings. The zero-order chi connectivity index (χ0) is 23.5. The highest BCUT2D eigenvalue weighted by molar-refractivity contribution is 7.87. The molecule has 0 spiro atoms. The van der Waals surface area contributed by atoms with Crippen LogP contribution < -0.4 is 14.2 Å². The normalized spacial score (nSPS) is 24.6. The van der Waals surface area contributed by atoms with Gasteiger partial charge in [0.15, 0.2) is 0 Å². The Hall–Kier alpha value is -3.05. The molecule has 1 aliphatic carbocycles. The van der Waals surface area contributed by atoms with Crippen LogP contribution in [0, 0.1) is 0 Å². The van der Waals surface area contributed by atoms with Crippen molar-refractivity contribution in [1.82, 2.24) is 19.4 Å². The van der Waals surface area contributed by atoms with Crippen LogP contribution in [-0.4, -0.2) is 43.4 Å². The Balaban J connectivity index is 1.65. The molecular weight excluding hydrogens is 444 g/mol. The molecule has 9 nitrogen and oxygen atoms in total. The fraction of sp³-hybridized carbons (Fsp3) is 0.304. The van der Waals surface area contributed by atoms with E-state index in [1.54, 1.807) is 31.5 Å². The van der Waals surface area contributed by atoms with Crippen LogP contribution in [0.1, 0.15) is 19.4 Å². The number of nitrogens with zero attached hydrogens (tertiary/aromatic N) is 2. The molecule has 0 saturated heterocycles. The summed E-state index contributed by atoms with van der Waals surface area (Å²) in [6.45, 7) is 3.84. The smallest absolute Gasteiger partial charge is 0.317 e. The van der Waals surface area contributed by atoms with Crippen LogP contribution in [0.5, 0.6) is 6.01 Å². The minimum atomic E-state index is -3.79. The maximum Gasteiger partial charge on any atom is 0.317 e. The Morgan fingerprint density at radius 3 is 2.58 bits per heavy atom. The summed E-state index contributed by atoms with van der Waals surface area (Å²) >= 11 is 0. The first kappa shape index (κ1) is 23.1. The molecule has 2 N–H and O–H groups in total. The zero-order valence-electron chi connectivity index (χ0n) is 18.6. The Bertz CT molecular complexity index is 1180. The van der Waals surface area contributed by atoms with Crippen molar-refractivity contribution in [2.45, 2.75) is 38.4 Å². The maximum atomic E-state index is 12.4. The lowest BCUT2D eigenvalue weighted by molar-refractivity contribution is -0.160. The number of ether oxygens (including phenoxy) is 3. The molecule has 0 saturated carbocycles. The second-order valence-electron chi connectivity index (χ2n) is 7.80. The number of allylic oxidation sites excluding steroid dienone is 1. The summed E-state index contributed by atoms with van der Waals surface area (Å²) in [6, 6.07) is 11.5. The number of nitrogens with one attached hydrogen (secondary N) is 2. The van der Waals surface area contributed by atoms with Gasteiger partial charge in [0, 0.05) is 31.1 Å². The third-order valence-corrected chi connectivity index (χ3v) is 6.80. The van der Waals surface area contributed by atoms with E-state index in [0.29, 0.717) is 5.76 Å². The Morgan fingerprint density at radius 2 is 1.88 bits per heavy atom. The predicted octanol–water partition coefficient (Wildman–Crippen LogP) is 2.38. The molecule has 10 heteroatoms. The van der Waals surface area contributed by atoms with Crippen LogP contribution in [0.15, 0.2) is 83.9 Å². The number of benzene rings is 1. The van der Waals surface area contributed by atoms with E-state index in [1.807, 2.05) is 49.4 Å². The second-order valence-corrected chi connectivity index (χ2v) is 9.42. The molecule has 3 atom stereocenters. The quantitative estimate of drug-likeness (QED) is 0.609. The first-order valence-electron chi connectivity index (χ1n) is 10.4. The third-order valence-electron chi connectivity index (χ3n) is 5.56. The predicted molar refractivity (Wildman–Crippen MR) is 122 cm³/mol. The fourth-order valence-electron chi connectivity index (χ4n) is 3.61. The van der Waals surface area contributed by atoms with E-state index in [0.717, 1.165) is 16.7 Å². The molecule has 2 aliphatic rings. The summed E-state index contributed by atoms with van der Waals surface area (Å²) in [6.07, 6.45) is 7.28. The van der Waals surface area contributed by atoms with Crippen molar-refractivity contribution in [2.24, 2.45) is 0 Å². The molecule has 3 unspecified atom stereocenters. The van der Waals surface area contributed by atoms with E-state index < -0.39 is 28.1 Å². The van der Waals surface area contributed by atoms with E-state index in [1.165, 1.54) is 7.05 Å². The lowest BCUT2D eigenvalue weighted by Gasteiger charge is -2.44. The molecule has 0 fully saturated rings. The summed E-state index contributed by atoms with van der Waals surface area (Å²) in [5.41, 5.74) is 1.28. The van der Waals surface area contributed by atoms with Crippen molar-refractivity contribution in [3.05, 3.63) is 89.5 Å². The van der Waals surface area contributed by atoms with Gasteiger partial charge in [-0.2, -0.15) is 13.1 Å². The average Bonchev–Trinajstić information content (AvgIpc) is 2.82. The van der Waals surface area contributed by atoms with E-state index in [-0.39, 0.29) is 12.6 Å². The maximum absolute atomic E-state index is 12.4.